The van der Waals surface area contributed by atoms with E-state index >= 15 is 0 Å². The molecule has 0 saturated carbocycles. The highest BCUT2D eigenvalue weighted by Gasteiger charge is 2.28. The van der Waals surface area contributed by atoms with Crippen LogP contribution < -0.4 is 0 Å². The lowest BCUT2D eigenvalue weighted by molar-refractivity contribution is -0.171. The molecule has 24 heavy (non-hydrogen) atoms. The summed E-state index contributed by atoms with van der Waals surface area (Å²) in [6.07, 6.45) is -0.138. The number of hydrogen-bond acceptors (Lipinski definition) is 4. The van der Waals surface area contributed by atoms with Crippen molar-refractivity contribution >= 4 is 35.1 Å². The molecule has 0 bridgehead atoms. The van der Waals surface area contributed by atoms with Crippen molar-refractivity contribution in [3.05, 3.63) is 58.1 Å². The smallest absolute Gasteiger partial charge is 0.345 e. The summed E-state index contributed by atoms with van der Waals surface area (Å²) >= 11 is 12.2. The predicted octanol–water partition coefficient (Wildman–Crippen LogP) is 4.04. The molecular weight excluding hydrogens is 351 g/mol. The summed E-state index contributed by atoms with van der Waals surface area (Å²) in [7, 11) is 0. The molecule has 0 radical (unpaired) electrons. The molecule has 0 atom stereocenters. The molecule has 0 saturated heterocycles. The van der Waals surface area contributed by atoms with Crippen molar-refractivity contribution in [1.82, 2.24) is 0 Å². The van der Waals surface area contributed by atoms with Crippen LogP contribution in [-0.4, -0.2) is 22.6 Å². The fraction of sp³-hybridized carbons (Fsp3) is 0.222. The molecular formula is C18H16Cl2O4. The molecule has 126 valence electrons. The highest BCUT2D eigenvalue weighted by Crippen LogP contribution is 2.33. The van der Waals surface area contributed by atoms with Gasteiger partial charge >= 0.3 is 11.9 Å². The first kappa shape index (κ1) is 18.5. The molecule has 0 unspecified atom stereocenters. The summed E-state index contributed by atoms with van der Waals surface area (Å²) in [6.45, 7) is 2.50. The largest absolute Gasteiger partial charge is 0.391 e. The second-order valence-corrected chi connectivity index (χ2v) is 6.62. The van der Waals surface area contributed by atoms with E-state index < -0.39 is 17.5 Å². The molecule has 0 spiro atoms. The van der Waals surface area contributed by atoms with Gasteiger partial charge in [0.15, 0.2) is 5.60 Å². The predicted molar refractivity (Wildman–Crippen MR) is 93.0 cm³/mol. The Balaban J connectivity index is 2.28. The molecule has 0 heterocycles. The van der Waals surface area contributed by atoms with Crippen LogP contribution in [0.3, 0.4) is 0 Å². The monoisotopic (exact) mass is 366 g/mol. The van der Waals surface area contributed by atoms with Crippen molar-refractivity contribution in [2.45, 2.75) is 25.9 Å². The van der Waals surface area contributed by atoms with E-state index in [9.17, 15) is 14.7 Å². The molecule has 0 aliphatic rings. The van der Waals surface area contributed by atoms with Crippen molar-refractivity contribution in [2.24, 2.45) is 0 Å². The third kappa shape index (κ3) is 4.57. The van der Waals surface area contributed by atoms with E-state index in [-0.39, 0.29) is 6.42 Å². The van der Waals surface area contributed by atoms with Crippen LogP contribution >= 0.6 is 23.2 Å². The Labute approximate surface area is 150 Å². The van der Waals surface area contributed by atoms with E-state index in [1.807, 2.05) is 6.07 Å². The van der Waals surface area contributed by atoms with Gasteiger partial charge in [0.1, 0.15) is 0 Å². The highest BCUT2D eigenvalue weighted by molar-refractivity contribution is 6.35. The second kappa shape index (κ2) is 7.34. The minimum atomic E-state index is -1.73. The van der Waals surface area contributed by atoms with Crippen LogP contribution in [0.2, 0.25) is 10.0 Å². The molecule has 0 aliphatic heterocycles. The lowest BCUT2D eigenvalue weighted by Crippen LogP contribution is -2.35. The summed E-state index contributed by atoms with van der Waals surface area (Å²) in [5, 5.41) is 10.6. The van der Waals surface area contributed by atoms with Gasteiger partial charge in [-0.25, -0.2) is 4.79 Å². The lowest BCUT2D eigenvalue weighted by Gasteiger charge is -2.15. The number of aliphatic hydroxyl groups is 1. The average molecular weight is 367 g/mol. The van der Waals surface area contributed by atoms with Crippen LogP contribution in [0.4, 0.5) is 0 Å². The van der Waals surface area contributed by atoms with Crippen LogP contribution in [0.15, 0.2) is 42.5 Å². The number of carbonyl (C=O) groups is 2. The van der Waals surface area contributed by atoms with Gasteiger partial charge in [-0.15, -0.1) is 0 Å². The Bertz CT molecular complexity index is 779. The summed E-state index contributed by atoms with van der Waals surface area (Å²) in [5.41, 5.74) is 0.306. The lowest BCUT2D eigenvalue weighted by atomic mass is 9.97. The number of hydrogen-bond donors (Lipinski definition) is 1. The van der Waals surface area contributed by atoms with E-state index in [0.29, 0.717) is 21.2 Å². The Morgan fingerprint density at radius 1 is 1.08 bits per heavy atom. The molecule has 2 aromatic carbocycles. The van der Waals surface area contributed by atoms with E-state index in [2.05, 4.69) is 4.74 Å². The summed E-state index contributed by atoms with van der Waals surface area (Å²) in [5.74, 6) is -1.75. The van der Waals surface area contributed by atoms with Gasteiger partial charge in [-0.3, -0.25) is 4.79 Å². The first-order valence-electron chi connectivity index (χ1n) is 7.19. The molecule has 2 aromatic rings. The van der Waals surface area contributed by atoms with E-state index in [0.717, 1.165) is 5.56 Å². The molecule has 1 N–H and O–H groups in total. The Morgan fingerprint density at radius 3 is 2.42 bits per heavy atom. The number of carbonyl (C=O) groups excluding carboxylic acids is 2. The number of benzene rings is 2. The number of esters is 2. The maximum atomic E-state index is 12.0. The van der Waals surface area contributed by atoms with Gasteiger partial charge in [0.25, 0.3) is 0 Å². The molecule has 2 rings (SSSR count). The van der Waals surface area contributed by atoms with Crippen LogP contribution in [0.1, 0.15) is 19.4 Å². The Morgan fingerprint density at radius 2 is 1.75 bits per heavy atom. The number of halogens is 2. The summed E-state index contributed by atoms with van der Waals surface area (Å²) < 4.78 is 4.68. The fourth-order valence-electron chi connectivity index (χ4n) is 2.06. The van der Waals surface area contributed by atoms with Crippen molar-refractivity contribution < 1.29 is 19.4 Å². The van der Waals surface area contributed by atoms with E-state index in [1.54, 1.807) is 36.4 Å². The number of rotatable bonds is 4. The van der Waals surface area contributed by atoms with Crippen molar-refractivity contribution in [3.63, 3.8) is 0 Å². The normalized spacial score (nSPS) is 11.2. The Kier molecular flexibility index (Phi) is 5.65. The minimum Gasteiger partial charge on any atom is -0.391 e. The van der Waals surface area contributed by atoms with Gasteiger partial charge in [0, 0.05) is 15.6 Å². The third-order valence-electron chi connectivity index (χ3n) is 3.28. The first-order valence-corrected chi connectivity index (χ1v) is 7.95. The minimum absolute atomic E-state index is 0.138. The third-order valence-corrected chi connectivity index (χ3v) is 3.84. The van der Waals surface area contributed by atoms with Gasteiger partial charge in [-0.1, -0.05) is 47.5 Å². The van der Waals surface area contributed by atoms with Crippen molar-refractivity contribution in [3.8, 4) is 11.1 Å². The van der Waals surface area contributed by atoms with Gasteiger partial charge in [0.05, 0.1) is 6.42 Å². The molecule has 0 aliphatic carbocycles. The average Bonchev–Trinajstić information content (AvgIpc) is 2.49. The van der Waals surface area contributed by atoms with Crippen LogP contribution in [-0.2, 0) is 20.7 Å². The van der Waals surface area contributed by atoms with Gasteiger partial charge in [-0.2, -0.15) is 0 Å². The quantitative estimate of drug-likeness (QED) is 0.654. The first-order chi connectivity index (χ1) is 11.2. The fourth-order valence-corrected chi connectivity index (χ4v) is 2.45. The number of ether oxygens (including phenoxy) is 1. The van der Waals surface area contributed by atoms with Gasteiger partial charge < -0.3 is 9.84 Å². The van der Waals surface area contributed by atoms with Crippen molar-refractivity contribution in [1.29, 1.82) is 0 Å². The van der Waals surface area contributed by atoms with Crippen LogP contribution in [0.25, 0.3) is 11.1 Å². The molecule has 0 fully saturated rings. The highest BCUT2D eigenvalue weighted by atomic mass is 35.5. The van der Waals surface area contributed by atoms with Crippen LogP contribution in [0, 0.1) is 0 Å². The summed E-state index contributed by atoms with van der Waals surface area (Å²) in [4.78, 5) is 23.6. The molecule has 0 aromatic heterocycles. The van der Waals surface area contributed by atoms with Crippen LogP contribution in [0.5, 0.6) is 0 Å². The van der Waals surface area contributed by atoms with Crippen molar-refractivity contribution in [2.75, 3.05) is 0 Å². The zero-order chi connectivity index (χ0) is 17.9. The standard InChI is InChI=1S/C18H16Cl2O4/c1-18(2,23)17(22)24-16(21)9-11-5-3-4-6-13(11)14-10-12(19)7-8-15(14)20/h3-8,10,23H,9H2,1-2H3. The SMILES string of the molecule is CC(C)(O)C(=O)OC(=O)Cc1ccccc1-c1cc(Cl)ccc1Cl. The maximum Gasteiger partial charge on any atom is 0.345 e. The maximum absolute atomic E-state index is 12.0. The van der Waals surface area contributed by atoms with Gasteiger partial charge in [0.2, 0.25) is 0 Å². The summed E-state index contributed by atoms with van der Waals surface area (Å²) in [6, 6.07) is 12.2. The second-order valence-electron chi connectivity index (χ2n) is 5.78. The molecule has 4 nitrogen and oxygen atoms in total. The molecule has 6 heteroatoms. The topological polar surface area (TPSA) is 63.6 Å². The molecule has 0 amide bonds. The zero-order valence-corrected chi connectivity index (χ0v) is 14.7. The zero-order valence-electron chi connectivity index (χ0n) is 13.2. The van der Waals surface area contributed by atoms with E-state index in [4.69, 9.17) is 23.2 Å². The van der Waals surface area contributed by atoms with Gasteiger partial charge in [-0.05, 0) is 43.2 Å². The van der Waals surface area contributed by atoms with E-state index in [1.165, 1.54) is 13.8 Å². The Hall–Kier alpha value is -1.88.